The lowest BCUT2D eigenvalue weighted by Crippen LogP contribution is -2.39. The molecule has 9 rings (SSSR count). The minimum atomic E-state index is -0.305. The van der Waals surface area contributed by atoms with Crippen molar-refractivity contribution in [3.05, 3.63) is 124 Å². The summed E-state index contributed by atoms with van der Waals surface area (Å²) < 4.78 is 24.2. The summed E-state index contributed by atoms with van der Waals surface area (Å²) in [6, 6.07) is 28.6. The van der Waals surface area contributed by atoms with E-state index >= 15 is 0 Å². The number of ether oxygens (including phenoxy) is 4. The van der Waals surface area contributed by atoms with Crippen molar-refractivity contribution in [3.63, 3.8) is 0 Å². The second-order valence-electron chi connectivity index (χ2n) is 16.8. The van der Waals surface area contributed by atoms with Gasteiger partial charge in [0.25, 0.3) is 11.8 Å². The zero-order valence-corrected chi connectivity index (χ0v) is 36.3. The number of benzene rings is 5. The molecule has 0 saturated carbocycles. The number of fused-ring (bicyclic) bond motifs is 8. The van der Waals surface area contributed by atoms with Crippen molar-refractivity contribution in [1.82, 2.24) is 0 Å². The van der Waals surface area contributed by atoms with Crippen LogP contribution in [0, 0.1) is 0 Å². The fraction of sp³-hybridized carbons (Fsp3) is 0.306. The van der Waals surface area contributed by atoms with Crippen molar-refractivity contribution in [2.75, 3.05) is 47.8 Å². The van der Waals surface area contributed by atoms with Gasteiger partial charge in [-0.3, -0.25) is 24.3 Å². The quantitative estimate of drug-likeness (QED) is 0.120. The lowest BCUT2D eigenvalue weighted by molar-refractivity contribution is -0.118. The highest BCUT2D eigenvalue weighted by molar-refractivity contribution is 7.81. The molecule has 0 saturated heterocycles. The summed E-state index contributed by atoms with van der Waals surface area (Å²) in [5.74, 6) is 1.41. The number of carbonyl (C=O) groups excluding carboxylic acids is 3. The van der Waals surface area contributed by atoms with Crippen LogP contribution in [0.3, 0.4) is 0 Å². The number of rotatable bonds is 12. The number of nitrogens with one attached hydrogen (secondary N) is 1. The summed E-state index contributed by atoms with van der Waals surface area (Å²) in [5.41, 5.74) is 8.39. The number of hydrogen-bond donors (Lipinski definition) is 2. The maximum atomic E-state index is 14.0. The van der Waals surface area contributed by atoms with Crippen LogP contribution >= 0.6 is 12.6 Å². The summed E-state index contributed by atoms with van der Waals surface area (Å²) in [5, 5.41) is 3.50. The monoisotopic (exact) mass is 851 g/mol. The molecule has 0 unspecified atom stereocenters. The summed E-state index contributed by atoms with van der Waals surface area (Å²) in [7, 11) is 4.86. The van der Waals surface area contributed by atoms with Crippen LogP contribution < -0.4 is 39.0 Å². The molecular weight excluding hydrogens is 803 g/mol. The molecule has 13 heteroatoms. The first-order valence-electron chi connectivity index (χ1n) is 20.8. The highest BCUT2D eigenvalue weighted by Crippen LogP contribution is 2.43. The van der Waals surface area contributed by atoms with Crippen LogP contribution in [0.2, 0.25) is 0 Å². The maximum absolute atomic E-state index is 14.0. The summed E-state index contributed by atoms with van der Waals surface area (Å²) in [6.45, 7) is 4.79. The Kier molecular flexibility index (Phi) is 10.8. The lowest BCUT2D eigenvalue weighted by atomic mass is 10.1. The number of nitrogens with zero attached hydrogens (tertiary/aromatic N) is 4. The molecule has 0 fully saturated rings. The molecule has 5 aromatic rings. The Balaban J connectivity index is 0.984. The smallest absolute Gasteiger partial charge is 0.261 e. The van der Waals surface area contributed by atoms with Crippen molar-refractivity contribution in [2.45, 2.75) is 69.6 Å². The molecule has 0 spiro atoms. The molecule has 5 aromatic carbocycles. The van der Waals surface area contributed by atoms with E-state index in [4.69, 9.17) is 23.9 Å². The van der Waals surface area contributed by atoms with E-state index in [1.165, 1.54) is 0 Å². The molecule has 4 aliphatic rings. The fourth-order valence-corrected chi connectivity index (χ4v) is 8.86. The minimum absolute atomic E-state index is 0.0126. The number of anilines is 4. The van der Waals surface area contributed by atoms with E-state index in [-0.39, 0.29) is 47.8 Å². The zero-order chi connectivity index (χ0) is 43.3. The van der Waals surface area contributed by atoms with E-state index in [2.05, 4.69) is 24.0 Å². The van der Waals surface area contributed by atoms with Crippen molar-refractivity contribution in [2.24, 2.45) is 4.99 Å². The van der Waals surface area contributed by atoms with Gasteiger partial charge in [-0.2, -0.15) is 12.6 Å². The molecule has 1 N–H and O–H groups in total. The normalized spacial score (nSPS) is 17.1. The molecule has 3 amide bonds. The van der Waals surface area contributed by atoms with E-state index in [0.717, 1.165) is 40.0 Å². The van der Waals surface area contributed by atoms with Gasteiger partial charge < -0.3 is 34.1 Å². The summed E-state index contributed by atoms with van der Waals surface area (Å²) in [6.07, 6.45) is 4.21. The number of amides is 3. The predicted octanol–water partition coefficient (Wildman–Crippen LogP) is 8.60. The molecule has 0 bridgehead atoms. The van der Waals surface area contributed by atoms with Crippen LogP contribution in [0.4, 0.5) is 28.4 Å². The molecule has 318 valence electrons. The van der Waals surface area contributed by atoms with E-state index in [1.807, 2.05) is 91.7 Å². The SMILES string of the molecule is COc1cc2c(cc1OCc1cc(COc3cc4c(cc3OC)C(=O)N3c5ccccc5C[C@H]3CN4)cc(N(C)C(=O)CCC(C)(C)S)c1)N=C[C@@H]1Cc3ccccc3N1C2=O. The Bertz CT molecular complexity index is 2640. The molecule has 4 aliphatic heterocycles. The lowest BCUT2D eigenvalue weighted by Gasteiger charge is -2.23. The van der Waals surface area contributed by atoms with Gasteiger partial charge in [-0.15, -0.1) is 0 Å². The number of hydrogen-bond acceptors (Lipinski definition) is 10. The van der Waals surface area contributed by atoms with Crippen molar-refractivity contribution >= 4 is 65.0 Å². The molecule has 62 heavy (non-hydrogen) atoms. The third-order valence-corrected chi connectivity index (χ3v) is 12.2. The highest BCUT2D eigenvalue weighted by atomic mass is 32.1. The summed E-state index contributed by atoms with van der Waals surface area (Å²) in [4.78, 5) is 51.6. The summed E-state index contributed by atoms with van der Waals surface area (Å²) >= 11 is 4.63. The average molecular weight is 852 g/mol. The van der Waals surface area contributed by atoms with Gasteiger partial charge in [0.15, 0.2) is 23.0 Å². The molecule has 0 radical (unpaired) electrons. The van der Waals surface area contributed by atoms with E-state index in [0.29, 0.717) is 77.0 Å². The van der Waals surface area contributed by atoms with Crippen LogP contribution in [0.15, 0.2) is 96.0 Å². The molecule has 4 heterocycles. The second-order valence-corrected chi connectivity index (χ2v) is 18.0. The third-order valence-electron chi connectivity index (χ3n) is 12.0. The first-order chi connectivity index (χ1) is 29.9. The van der Waals surface area contributed by atoms with Crippen molar-refractivity contribution in [1.29, 1.82) is 0 Å². The van der Waals surface area contributed by atoms with Gasteiger partial charge >= 0.3 is 0 Å². The minimum Gasteiger partial charge on any atom is -0.493 e. The number of aliphatic imine (C=N–C) groups is 1. The predicted molar refractivity (Wildman–Crippen MR) is 245 cm³/mol. The molecule has 12 nitrogen and oxygen atoms in total. The van der Waals surface area contributed by atoms with Gasteiger partial charge in [0.05, 0.1) is 48.8 Å². The standard InChI is InChI=1S/C49H49N5O7S/c1-49(2,62)15-14-46(55)52(3)33-17-29(27-60-44-23-38-36(21-42(44)58-4)47(56)53-34(25-50-38)19-31-10-6-8-12-40(31)53)16-30(18-33)28-61-45-24-39-37(22-43(45)59-5)48(57)54-35(26-51-39)20-32-11-7-9-13-41(32)54/h6-13,16-18,21-25,34-35,51,62H,14-15,19-20,26-28H2,1-5H3/t34-,35-/m0/s1. The fourth-order valence-electron chi connectivity index (χ4n) is 8.75. The Morgan fingerprint density at radius 3 is 2.05 bits per heavy atom. The van der Waals surface area contributed by atoms with Gasteiger partial charge in [0.1, 0.15) is 13.2 Å². The van der Waals surface area contributed by atoms with Crippen LogP contribution in [0.5, 0.6) is 23.0 Å². The maximum Gasteiger partial charge on any atom is 0.261 e. The van der Waals surface area contributed by atoms with Crippen LogP contribution in [-0.4, -0.2) is 68.6 Å². The Morgan fingerprint density at radius 1 is 0.790 bits per heavy atom. The molecule has 0 aliphatic carbocycles. The van der Waals surface area contributed by atoms with Crippen LogP contribution in [0.1, 0.15) is 69.7 Å². The molecule has 0 aromatic heterocycles. The Labute approximate surface area is 366 Å². The number of methoxy groups -OCH3 is 2. The van der Waals surface area contributed by atoms with Crippen LogP contribution in [-0.2, 0) is 30.8 Å². The Morgan fingerprint density at radius 2 is 1.39 bits per heavy atom. The number of carbonyl (C=O) groups is 3. The molecule has 2 atom stereocenters. The van der Waals surface area contributed by atoms with E-state index in [1.54, 1.807) is 49.3 Å². The first-order valence-corrected chi connectivity index (χ1v) is 21.3. The van der Waals surface area contributed by atoms with Crippen molar-refractivity contribution < 1.29 is 33.3 Å². The van der Waals surface area contributed by atoms with E-state index in [9.17, 15) is 14.4 Å². The second kappa shape index (κ2) is 16.4. The highest BCUT2D eigenvalue weighted by Gasteiger charge is 2.39. The van der Waals surface area contributed by atoms with Gasteiger partial charge in [-0.05, 0) is 77.6 Å². The Hall–Kier alpha value is -6.47. The average Bonchev–Trinajstić information content (AvgIpc) is 3.77. The van der Waals surface area contributed by atoms with Gasteiger partial charge in [-0.25, -0.2) is 0 Å². The van der Waals surface area contributed by atoms with E-state index < -0.39 is 0 Å². The molecular formula is C49H49N5O7S. The van der Waals surface area contributed by atoms with Gasteiger partial charge in [0.2, 0.25) is 5.91 Å². The van der Waals surface area contributed by atoms with Crippen LogP contribution in [0.25, 0.3) is 0 Å². The largest absolute Gasteiger partial charge is 0.493 e. The topological polar surface area (TPSA) is 122 Å². The number of thiol groups is 1. The van der Waals surface area contributed by atoms with Gasteiger partial charge in [0, 0.05) is 66.6 Å². The van der Waals surface area contributed by atoms with Gasteiger partial charge in [-0.1, -0.05) is 50.2 Å². The third kappa shape index (κ3) is 7.81. The van der Waals surface area contributed by atoms with Crippen molar-refractivity contribution in [3.8, 4) is 23.0 Å². The zero-order valence-electron chi connectivity index (χ0n) is 35.4. The first kappa shape index (κ1) is 40.9. The number of para-hydroxylation sites is 2.